The Bertz CT molecular complexity index is 934. The van der Waals surface area contributed by atoms with Gasteiger partial charge in [0.2, 0.25) is 0 Å². The third kappa shape index (κ3) is 5.34. The van der Waals surface area contributed by atoms with E-state index in [0.29, 0.717) is 17.9 Å². The highest BCUT2D eigenvalue weighted by Crippen LogP contribution is 2.36. The van der Waals surface area contributed by atoms with Crippen molar-refractivity contribution in [3.63, 3.8) is 0 Å². The Hall–Kier alpha value is -1.94. The summed E-state index contributed by atoms with van der Waals surface area (Å²) in [4.78, 5) is 12.5. The van der Waals surface area contributed by atoms with E-state index in [1.54, 1.807) is 10.9 Å². The molecule has 0 amide bonds. The van der Waals surface area contributed by atoms with Gasteiger partial charge in [0.05, 0.1) is 24.5 Å². The summed E-state index contributed by atoms with van der Waals surface area (Å²) in [5, 5.41) is 4.39. The molecule has 0 spiro atoms. The topological polar surface area (TPSA) is 71.8 Å². The molecule has 2 aromatic rings. The largest absolute Gasteiger partial charge is 0.494 e. The van der Waals surface area contributed by atoms with E-state index >= 15 is 0 Å². The third-order valence-corrected chi connectivity index (χ3v) is 7.88. The van der Waals surface area contributed by atoms with Crippen LogP contribution in [0.1, 0.15) is 38.2 Å². The van der Waals surface area contributed by atoms with E-state index in [4.69, 9.17) is 18.8 Å². The molecule has 1 aliphatic heterocycles. The number of hydrogen-bond donors (Lipinski definition) is 0. The molecule has 32 heavy (non-hydrogen) atoms. The lowest BCUT2D eigenvalue weighted by Crippen LogP contribution is -2.41. The molecule has 174 valence electrons. The van der Waals surface area contributed by atoms with Crippen LogP contribution in [-0.4, -0.2) is 55.9 Å². The van der Waals surface area contributed by atoms with Gasteiger partial charge in [-0.3, -0.25) is 0 Å². The van der Waals surface area contributed by atoms with E-state index in [2.05, 4.69) is 24.7 Å². The smallest absolute Gasteiger partial charge is 0.464 e. The number of benzene rings is 1. The molecule has 0 atom stereocenters. The minimum absolute atomic E-state index is 0.209. The summed E-state index contributed by atoms with van der Waals surface area (Å²) in [7, 11) is -0.249. The molecule has 7 nitrogen and oxygen atoms in total. The van der Waals surface area contributed by atoms with Crippen molar-refractivity contribution in [3.8, 4) is 11.1 Å². The second-order valence-electron chi connectivity index (χ2n) is 10.5. The Morgan fingerprint density at radius 3 is 2.22 bits per heavy atom. The molecule has 0 N–H and O–H groups in total. The highest BCUT2D eigenvalue weighted by molar-refractivity contribution is 6.76. The minimum Gasteiger partial charge on any atom is -0.464 e. The van der Waals surface area contributed by atoms with E-state index in [1.807, 2.05) is 52.0 Å². The quantitative estimate of drug-likeness (QED) is 0.339. The van der Waals surface area contributed by atoms with Crippen molar-refractivity contribution < 1.29 is 23.6 Å². The van der Waals surface area contributed by atoms with Gasteiger partial charge >= 0.3 is 13.1 Å². The Morgan fingerprint density at radius 1 is 1.09 bits per heavy atom. The number of carbonyl (C=O) groups is 1. The van der Waals surface area contributed by atoms with Gasteiger partial charge in [0.25, 0.3) is 0 Å². The van der Waals surface area contributed by atoms with Crippen molar-refractivity contribution in [2.75, 3.05) is 13.7 Å². The van der Waals surface area contributed by atoms with Gasteiger partial charge in [-0.15, -0.1) is 0 Å². The highest BCUT2D eigenvalue weighted by Gasteiger charge is 2.51. The van der Waals surface area contributed by atoms with E-state index in [-0.39, 0.29) is 6.73 Å². The lowest BCUT2D eigenvalue weighted by molar-refractivity contribution is 0.00578. The zero-order valence-electron chi connectivity index (χ0n) is 20.5. The van der Waals surface area contributed by atoms with Crippen molar-refractivity contribution in [2.24, 2.45) is 0 Å². The Labute approximate surface area is 192 Å². The summed E-state index contributed by atoms with van der Waals surface area (Å²) in [6, 6.07) is 8.86. The fourth-order valence-corrected chi connectivity index (χ4v) is 4.09. The van der Waals surface area contributed by atoms with Gasteiger partial charge in [0, 0.05) is 20.2 Å². The number of esters is 1. The number of aromatic nitrogens is 2. The van der Waals surface area contributed by atoms with Gasteiger partial charge in [-0.2, -0.15) is 5.10 Å². The first-order valence-electron chi connectivity index (χ1n) is 11.0. The summed E-state index contributed by atoms with van der Waals surface area (Å²) >= 11 is 0. The maximum Gasteiger partial charge on any atom is 0.494 e. The molecular weight excluding hydrogens is 423 g/mol. The zero-order chi connectivity index (χ0) is 23.7. The number of nitrogens with zero attached hydrogens (tertiary/aromatic N) is 2. The normalized spacial score (nSPS) is 17.6. The molecule has 2 heterocycles. The predicted molar refractivity (Wildman–Crippen MR) is 129 cm³/mol. The van der Waals surface area contributed by atoms with E-state index in [9.17, 15) is 4.79 Å². The summed E-state index contributed by atoms with van der Waals surface area (Å²) in [6.07, 6.45) is 1.68. The second kappa shape index (κ2) is 9.13. The molecule has 1 aliphatic rings. The van der Waals surface area contributed by atoms with E-state index in [1.165, 1.54) is 7.11 Å². The number of methoxy groups -OCH3 is 1. The van der Waals surface area contributed by atoms with Crippen LogP contribution in [0.4, 0.5) is 0 Å². The fourth-order valence-electron chi connectivity index (χ4n) is 3.33. The van der Waals surface area contributed by atoms with Crippen molar-refractivity contribution in [2.45, 2.75) is 71.3 Å². The number of carbonyl (C=O) groups excluding carboxylic acids is 1. The van der Waals surface area contributed by atoms with Gasteiger partial charge in [0.15, 0.2) is 5.69 Å². The van der Waals surface area contributed by atoms with Gasteiger partial charge in [-0.25, -0.2) is 9.48 Å². The molecule has 0 aliphatic carbocycles. The SMILES string of the molecule is COC(=O)c1c(-c2ccc(B3OC(C)(C)C(C)(C)O3)cc2)cnn1COCC[Si](C)(C)C. The lowest BCUT2D eigenvalue weighted by Gasteiger charge is -2.32. The molecule has 1 saturated heterocycles. The zero-order valence-corrected chi connectivity index (χ0v) is 21.5. The Morgan fingerprint density at radius 2 is 1.69 bits per heavy atom. The summed E-state index contributed by atoms with van der Waals surface area (Å²) < 4.78 is 24.6. The first-order chi connectivity index (χ1) is 14.8. The van der Waals surface area contributed by atoms with Crippen LogP contribution < -0.4 is 5.46 Å². The van der Waals surface area contributed by atoms with Crippen LogP contribution in [0.15, 0.2) is 30.5 Å². The molecule has 0 bridgehead atoms. The fraction of sp³-hybridized carbons (Fsp3) is 0.565. The molecule has 0 saturated carbocycles. The van der Waals surface area contributed by atoms with Crippen LogP contribution in [0.3, 0.4) is 0 Å². The molecule has 1 fully saturated rings. The van der Waals surface area contributed by atoms with Crippen LogP contribution >= 0.6 is 0 Å². The number of ether oxygens (including phenoxy) is 2. The van der Waals surface area contributed by atoms with Gasteiger partial charge in [-0.05, 0) is 44.8 Å². The maximum absolute atomic E-state index is 12.5. The molecule has 9 heteroatoms. The average molecular weight is 458 g/mol. The predicted octanol–water partition coefficient (Wildman–Crippen LogP) is 3.95. The summed E-state index contributed by atoms with van der Waals surface area (Å²) in [5.41, 5.74) is 2.07. The third-order valence-electron chi connectivity index (χ3n) is 6.18. The molecular formula is C23H35BN2O5Si. The van der Waals surface area contributed by atoms with Crippen LogP contribution in [-0.2, 0) is 25.5 Å². The lowest BCUT2D eigenvalue weighted by atomic mass is 9.78. The monoisotopic (exact) mass is 458 g/mol. The standard InChI is InChI=1S/C23H35BN2O5Si/c1-22(2)23(3,4)31-24(30-22)18-11-9-17(10-12-18)19-15-25-26(20(19)21(27)28-5)16-29-13-14-32(6,7)8/h9-12,15H,13-14,16H2,1-8H3. The molecule has 0 unspecified atom stereocenters. The van der Waals surface area contributed by atoms with Gasteiger partial charge < -0.3 is 18.8 Å². The summed E-state index contributed by atoms with van der Waals surface area (Å²) in [5.74, 6) is -0.443. The second-order valence-corrected chi connectivity index (χ2v) is 16.1. The number of hydrogen-bond acceptors (Lipinski definition) is 6. The van der Waals surface area contributed by atoms with Crippen LogP contribution in [0.2, 0.25) is 25.7 Å². The van der Waals surface area contributed by atoms with E-state index in [0.717, 1.165) is 17.1 Å². The van der Waals surface area contributed by atoms with Gasteiger partial charge in [-0.1, -0.05) is 43.9 Å². The van der Waals surface area contributed by atoms with Crippen molar-refractivity contribution in [1.82, 2.24) is 9.78 Å². The number of rotatable bonds is 8. The maximum atomic E-state index is 12.5. The molecule has 1 aromatic carbocycles. The Balaban J connectivity index is 1.79. The van der Waals surface area contributed by atoms with Crippen molar-refractivity contribution in [1.29, 1.82) is 0 Å². The van der Waals surface area contributed by atoms with Crippen LogP contribution in [0, 0.1) is 0 Å². The first kappa shape index (κ1) is 24.7. The minimum atomic E-state index is -1.19. The summed E-state index contributed by atoms with van der Waals surface area (Å²) in [6.45, 7) is 15.9. The van der Waals surface area contributed by atoms with Crippen LogP contribution in [0.5, 0.6) is 0 Å². The molecule has 0 radical (unpaired) electrons. The van der Waals surface area contributed by atoms with Crippen molar-refractivity contribution >= 4 is 26.6 Å². The van der Waals surface area contributed by atoms with Gasteiger partial charge in [0.1, 0.15) is 6.73 Å². The Kier molecular flexibility index (Phi) is 7.05. The highest BCUT2D eigenvalue weighted by atomic mass is 28.3. The van der Waals surface area contributed by atoms with Crippen LogP contribution in [0.25, 0.3) is 11.1 Å². The molecule has 3 rings (SSSR count). The first-order valence-corrected chi connectivity index (χ1v) is 14.7. The van der Waals surface area contributed by atoms with Crippen molar-refractivity contribution in [3.05, 3.63) is 36.2 Å². The average Bonchev–Trinajstić information content (AvgIpc) is 3.22. The van der Waals surface area contributed by atoms with E-state index < -0.39 is 32.4 Å². The molecule has 1 aromatic heterocycles.